The third-order valence-corrected chi connectivity index (χ3v) is 5.07. The molecule has 25 heavy (non-hydrogen) atoms. The number of benzene rings is 1. The lowest BCUT2D eigenvalue weighted by molar-refractivity contribution is 0.0923. The van der Waals surface area contributed by atoms with Crippen LogP contribution in [0.4, 0.5) is 5.69 Å². The van der Waals surface area contributed by atoms with Gasteiger partial charge in [0.25, 0.3) is 5.91 Å². The van der Waals surface area contributed by atoms with Crippen molar-refractivity contribution in [2.45, 2.75) is 52.0 Å². The Hall–Kier alpha value is -2.30. The maximum Gasteiger partial charge on any atom is 0.257 e. The second kappa shape index (κ2) is 7.72. The zero-order chi connectivity index (χ0) is 17.8. The summed E-state index contributed by atoms with van der Waals surface area (Å²) in [6.45, 7) is 6.05. The van der Waals surface area contributed by atoms with Gasteiger partial charge in [-0.1, -0.05) is 19.3 Å². The topological polar surface area (TPSA) is 69.3 Å². The molecule has 1 aromatic carbocycles. The molecule has 2 aromatic rings. The first-order valence-electron chi connectivity index (χ1n) is 9.30. The van der Waals surface area contributed by atoms with Gasteiger partial charge in [0.15, 0.2) is 0 Å². The number of hydrogen-bond donors (Lipinski definition) is 2. The van der Waals surface area contributed by atoms with Crippen LogP contribution in [0.15, 0.2) is 28.7 Å². The summed E-state index contributed by atoms with van der Waals surface area (Å²) in [5.74, 6) is -0.199. The molecule has 1 saturated carbocycles. The van der Waals surface area contributed by atoms with Gasteiger partial charge in [-0.3, -0.25) is 10.2 Å². The lowest BCUT2D eigenvalue weighted by Gasteiger charge is -2.23. The maximum atomic E-state index is 12.5. The number of hydrogen-bond acceptors (Lipinski definition) is 4. The Morgan fingerprint density at radius 2 is 1.92 bits per heavy atom. The van der Waals surface area contributed by atoms with E-state index in [1.807, 2.05) is 18.2 Å². The van der Waals surface area contributed by atoms with Crippen molar-refractivity contribution in [2.24, 2.45) is 0 Å². The van der Waals surface area contributed by atoms with E-state index in [0.29, 0.717) is 11.1 Å². The molecule has 2 N–H and O–H groups in total. The molecule has 1 aliphatic carbocycles. The van der Waals surface area contributed by atoms with Crippen LogP contribution in [0.3, 0.4) is 0 Å². The molecule has 3 rings (SSSR count). The highest BCUT2D eigenvalue weighted by molar-refractivity contribution is 5.97. The van der Waals surface area contributed by atoms with Crippen LogP contribution in [-0.4, -0.2) is 25.0 Å². The lowest BCUT2D eigenvalue weighted by atomic mass is 9.95. The molecule has 0 unspecified atom stereocenters. The minimum atomic E-state index is -0.199. The van der Waals surface area contributed by atoms with Crippen LogP contribution in [0, 0.1) is 5.41 Å². The van der Waals surface area contributed by atoms with Crippen molar-refractivity contribution in [2.75, 3.05) is 18.0 Å². The van der Waals surface area contributed by atoms with E-state index >= 15 is 0 Å². The Kier molecular flexibility index (Phi) is 5.41. The first kappa shape index (κ1) is 17.5. The summed E-state index contributed by atoms with van der Waals surface area (Å²) >= 11 is 0. The number of amides is 1. The monoisotopic (exact) mass is 341 g/mol. The summed E-state index contributed by atoms with van der Waals surface area (Å²) in [6, 6.07) is 7.94. The summed E-state index contributed by atoms with van der Waals surface area (Å²) in [6.07, 6.45) is 5.62. The van der Waals surface area contributed by atoms with Crippen LogP contribution >= 0.6 is 0 Å². The van der Waals surface area contributed by atoms with E-state index in [9.17, 15) is 4.79 Å². The molecule has 0 saturated heterocycles. The summed E-state index contributed by atoms with van der Waals surface area (Å²) in [5, 5.41) is 12.0. The Morgan fingerprint density at radius 3 is 2.60 bits per heavy atom. The highest BCUT2D eigenvalue weighted by atomic mass is 16.3. The van der Waals surface area contributed by atoms with E-state index in [4.69, 9.17) is 9.83 Å². The highest BCUT2D eigenvalue weighted by Gasteiger charge is 2.19. The largest absolute Gasteiger partial charge is 0.438 e. The van der Waals surface area contributed by atoms with Gasteiger partial charge in [0, 0.05) is 36.3 Å². The number of rotatable bonds is 5. The normalized spacial score (nSPS) is 15.3. The second-order valence-corrected chi connectivity index (χ2v) is 6.69. The van der Waals surface area contributed by atoms with Crippen molar-refractivity contribution in [3.63, 3.8) is 0 Å². The van der Waals surface area contributed by atoms with Gasteiger partial charge in [-0.15, -0.1) is 0 Å². The van der Waals surface area contributed by atoms with Gasteiger partial charge in [-0.2, -0.15) is 0 Å². The summed E-state index contributed by atoms with van der Waals surface area (Å²) < 4.78 is 5.66. The first-order chi connectivity index (χ1) is 12.1. The fourth-order valence-corrected chi connectivity index (χ4v) is 3.58. The summed E-state index contributed by atoms with van der Waals surface area (Å²) in [4.78, 5) is 14.8. The molecule has 5 heteroatoms. The zero-order valence-corrected chi connectivity index (χ0v) is 15.1. The van der Waals surface area contributed by atoms with Crippen molar-refractivity contribution in [3.05, 3.63) is 35.4 Å². The summed E-state index contributed by atoms with van der Waals surface area (Å²) in [7, 11) is 0. The lowest BCUT2D eigenvalue weighted by Crippen LogP contribution is -2.38. The minimum absolute atomic E-state index is 0.0718. The molecule has 0 spiro atoms. The quantitative estimate of drug-likeness (QED) is 0.868. The predicted octanol–water partition coefficient (Wildman–Crippen LogP) is 3.82. The van der Waals surface area contributed by atoms with Crippen LogP contribution in [0.1, 0.15) is 56.3 Å². The molecule has 0 aliphatic heterocycles. The van der Waals surface area contributed by atoms with Gasteiger partial charge in [-0.25, -0.2) is 0 Å². The second-order valence-electron chi connectivity index (χ2n) is 6.69. The third-order valence-electron chi connectivity index (χ3n) is 5.07. The van der Waals surface area contributed by atoms with E-state index in [0.717, 1.165) is 49.8 Å². The van der Waals surface area contributed by atoms with Gasteiger partial charge < -0.3 is 14.6 Å². The molecule has 5 nitrogen and oxygen atoms in total. The van der Waals surface area contributed by atoms with E-state index in [1.54, 1.807) is 6.07 Å². The van der Waals surface area contributed by atoms with Crippen LogP contribution in [-0.2, 0) is 0 Å². The first-order valence-corrected chi connectivity index (χ1v) is 9.30. The number of nitrogens with zero attached hydrogens (tertiary/aromatic N) is 1. The van der Waals surface area contributed by atoms with Gasteiger partial charge in [0.2, 0.25) is 5.55 Å². The number of nitrogens with one attached hydrogen (secondary N) is 2. The van der Waals surface area contributed by atoms with Crippen molar-refractivity contribution < 1.29 is 9.21 Å². The minimum Gasteiger partial charge on any atom is -0.438 e. The SMILES string of the molecule is CCN(CC)c1ccc2cc(C(=O)NC3CCCCC3)c(=N)oc2c1. The Balaban J connectivity index is 1.87. The summed E-state index contributed by atoms with van der Waals surface area (Å²) in [5.41, 5.74) is 1.95. The van der Waals surface area contributed by atoms with Crippen LogP contribution in [0.5, 0.6) is 0 Å². The van der Waals surface area contributed by atoms with E-state index in [2.05, 4.69) is 24.1 Å². The predicted molar refractivity (Wildman–Crippen MR) is 100.0 cm³/mol. The molecule has 134 valence electrons. The molecule has 0 radical (unpaired) electrons. The Labute approximate surface area is 148 Å². The van der Waals surface area contributed by atoms with Gasteiger partial charge >= 0.3 is 0 Å². The molecule has 0 bridgehead atoms. The molecule has 1 heterocycles. The van der Waals surface area contributed by atoms with Gasteiger partial charge in [-0.05, 0) is 44.9 Å². The number of carbonyl (C=O) groups excluding carboxylic acids is 1. The van der Waals surface area contributed by atoms with Gasteiger partial charge in [0.05, 0.1) is 0 Å². The van der Waals surface area contributed by atoms with Crippen LogP contribution < -0.4 is 15.8 Å². The Bertz CT molecular complexity index is 802. The molecule has 1 aromatic heterocycles. The number of fused-ring (bicyclic) bond motifs is 1. The number of carbonyl (C=O) groups is 1. The molecule has 1 fully saturated rings. The Morgan fingerprint density at radius 1 is 1.20 bits per heavy atom. The average Bonchev–Trinajstić information content (AvgIpc) is 2.63. The number of anilines is 1. The third kappa shape index (κ3) is 3.86. The molecular formula is C20H27N3O2. The van der Waals surface area contributed by atoms with Crippen LogP contribution in [0.2, 0.25) is 0 Å². The van der Waals surface area contributed by atoms with Crippen molar-refractivity contribution in [3.8, 4) is 0 Å². The standard InChI is InChI=1S/C20H27N3O2/c1-3-23(4-2)16-11-10-14-12-17(19(21)25-18(14)13-16)20(24)22-15-8-6-5-7-9-15/h10-13,15,21H,3-9H2,1-2H3,(H,22,24). The van der Waals surface area contributed by atoms with Crippen molar-refractivity contribution in [1.82, 2.24) is 5.32 Å². The van der Waals surface area contributed by atoms with Crippen molar-refractivity contribution >= 4 is 22.6 Å². The van der Waals surface area contributed by atoms with E-state index in [1.165, 1.54) is 6.42 Å². The molecule has 0 atom stereocenters. The van der Waals surface area contributed by atoms with Crippen molar-refractivity contribution in [1.29, 1.82) is 5.41 Å². The maximum absolute atomic E-state index is 12.5. The fourth-order valence-electron chi connectivity index (χ4n) is 3.58. The van der Waals surface area contributed by atoms with Gasteiger partial charge in [0.1, 0.15) is 11.1 Å². The van der Waals surface area contributed by atoms with E-state index in [-0.39, 0.29) is 17.5 Å². The van der Waals surface area contributed by atoms with Crippen LogP contribution in [0.25, 0.3) is 11.0 Å². The molecule has 1 amide bonds. The molecule has 1 aliphatic rings. The smallest absolute Gasteiger partial charge is 0.257 e. The molecular weight excluding hydrogens is 314 g/mol. The average molecular weight is 341 g/mol. The van der Waals surface area contributed by atoms with E-state index < -0.39 is 0 Å². The fraction of sp³-hybridized carbons (Fsp3) is 0.500. The highest BCUT2D eigenvalue weighted by Crippen LogP contribution is 2.22. The zero-order valence-electron chi connectivity index (χ0n) is 15.1.